The van der Waals surface area contributed by atoms with Crippen LogP contribution in [0.5, 0.6) is 0 Å². The normalized spacial score (nSPS) is 21.2. The fourth-order valence-corrected chi connectivity index (χ4v) is 2.50. The molecule has 0 spiro atoms. The Morgan fingerprint density at radius 3 is 2.19 bits per heavy atom. The molecule has 0 aliphatic heterocycles. The minimum Gasteiger partial charge on any atom is -0.336 e. The molecule has 1 aliphatic rings. The Balaban J connectivity index is 2.37. The van der Waals surface area contributed by atoms with Crippen LogP contribution >= 0.6 is 10.3 Å². The van der Waals surface area contributed by atoms with E-state index in [-0.39, 0.29) is 4.75 Å². The molecule has 96 valence electrons. The molecule has 0 atom stereocenters. The SMILES string of the molecule is CC(C)(C)S(C)(C)OCC1CCC(=O)CC1. The van der Waals surface area contributed by atoms with Crippen LogP contribution in [-0.2, 0) is 8.98 Å². The maximum Gasteiger partial charge on any atom is 0.132 e. The zero-order chi connectivity index (χ0) is 12.4. The molecule has 0 unspecified atom stereocenters. The molecule has 3 heteroatoms. The van der Waals surface area contributed by atoms with E-state index in [0.717, 1.165) is 32.3 Å². The van der Waals surface area contributed by atoms with Gasteiger partial charge in [-0.2, -0.15) is 0 Å². The zero-order valence-corrected chi connectivity index (χ0v) is 12.2. The van der Waals surface area contributed by atoms with Gasteiger partial charge in [0.25, 0.3) is 0 Å². The van der Waals surface area contributed by atoms with Crippen molar-refractivity contribution in [3.05, 3.63) is 0 Å². The summed E-state index contributed by atoms with van der Waals surface area (Å²) in [6.07, 6.45) is 8.05. The van der Waals surface area contributed by atoms with Gasteiger partial charge in [-0.1, -0.05) is 20.8 Å². The molecular weight excluding hydrogens is 220 g/mol. The molecule has 0 heterocycles. The van der Waals surface area contributed by atoms with Crippen LogP contribution in [0, 0.1) is 5.92 Å². The van der Waals surface area contributed by atoms with Crippen molar-refractivity contribution < 1.29 is 8.98 Å². The Morgan fingerprint density at radius 2 is 1.75 bits per heavy atom. The van der Waals surface area contributed by atoms with E-state index < -0.39 is 10.3 Å². The molecule has 0 N–H and O–H groups in total. The van der Waals surface area contributed by atoms with E-state index in [4.69, 9.17) is 4.18 Å². The summed E-state index contributed by atoms with van der Waals surface area (Å²) < 4.78 is 6.37. The lowest BCUT2D eigenvalue weighted by Gasteiger charge is -2.44. The maximum absolute atomic E-state index is 11.1. The van der Waals surface area contributed by atoms with Crippen molar-refractivity contribution in [2.24, 2.45) is 5.92 Å². The first kappa shape index (κ1) is 14.0. The topological polar surface area (TPSA) is 26.3 Å². The Kier molecular flexibility index (Phi) is 4.47. The number of hydrogen-bond acceptors (Lipinski definition) is 2. The third-order valence-electron chi connectivity index (χ3n) is 3.74. The lowest BCUT2D eigenvalue weighted by Crippen LogP contribution is -2.27. The fraction of sp³-hybridized carbons (Fsp3) is 0.923. The summed E-state index contributed by atoms with van der Waals surface area (Å²) in [5, 5.41) is 0. The predicted octanol–water partition coefficient (Wildman–Crippen LogP) is 3.54. The van der Waals surface area contributed by atoms with Crippen molar-refractivity contribution >= 4 is 16.1 Å². The first-order chi connectivity index (χ1) is 7.22. The van der Waals surface area contributed by atoms with Gasteiger partial charge in [-0.05, 0) is 31.3 Å². The largest absolute Gasteiger partial charge is 0.336 e. The predicted molar refractivity (Wildman–Crippen MR) is 72.1 cm³/mol. The molecule has 0 saturated heterocycles. The first-order valence-corrected chi connectivity index (χ1v) is 8.49. The molecule has 0 bridgehead atoms. The second-order valence-corrected chi connectivity index (χ2v) is 10.0. The number of ketones is 1. The number of Topliss-reactive ketones (excluding diaryl/α,β-unsaturated/α-hetero) is 1. The zero-order valence-electron chi connectivity index (χ0n) is 11.3. The van der Waals surface area contributed by atoms with Crippen molar-refractivity contribution in [3.8, 4) is 0 Å². The molecule has 16 heavy (non-hydrogen) atoms. The number of carbonyl (C=O) groups is 1. The van der Waals surface area contributed by atoms with Crippen molar-refractivity contribution in [3.63, 3.8) is 0 Å². The average molecular weight is 246 g/mol. The third kappa shape index (κ3) is 3.77. The van der Waals surface area contributed by atoms with Gasteiger partial charge in [-0.25, -0.2) is 0 Å². The van der Waals surface area contributed by atoms with Crippen LogP contribution in [0.2, 0.25) is 0 Å². The van der Waals surface area contributed by atoms with Gasteiger partial charge in [0.05, 0.1) is 6.61 Å². The smallest absolute Gasteiger partial charge is 0.132 e. The Bertz CT molecular complexity index is 243. The van der Waals surface area contributed by atoms with Crippen LogP contribution in [0.25, 0.3) is 0 Å². The van der Waals surface area contributed by atoms with Crippen molar-refractivity contribution in [1.82, 2.24) is 0 Å². The molecule has 0 amide bonds. The quantitative estimate of drug-likeness (QED) is 0.761. The average Bonchev–Trinajstić information content (AvgIpc) is 2.15. The van der Waals surface area contributed by atoms with E-state index in [1.807, 2.05) is 0 Å². The summed E-state index contributed by atoms with van der Waals surface area (Å²) >= 11 is 0. The van der Waals surface area contributed by atoms with Gasteiger partial charge in [-0.3, -0.25) is 4.79 Å². The van der Waals surface area contributed by atoms with Crippen LogP contribution in [0.4, 0.5) is 0 Å². The summed E-state index contributed by atoms with van der Waals surface area (Å²) in [6.45, 7) is 7.57. The van der Waals surface area contributed by atoms with E-state index in [0.29, 0.717) is 11.7 Å². The van der Waals surface area contributed by atoms with Gasteiger partial charge in [0, 0.05) is 17.6 Å². The van der Waals surface area contributed by atoms with E-state index in [9.17, 15) is 4.79 Å². The molecule has 1 rings (SSSR count). The molecule has 0 aromatic carbocycles. The van der Waals surface area contributed by atoms with Gasteiger partial charge >= 0.3 is 0 Å². The van der Waals surface area contributed by atoms with Crippen molar-refractivity contribution in [2.75, 3.05) is 19.1 Å². The highest BCUT2D eigenvalue weighted by atomic mass is 32.3. The van der Waals surface area contributed by atoms with Crippen LogP contribution in [-0.4, -0.2) is 29.6 Å². The van der Waals surface area contributed by atoms with Gasteiger partial charge in [0.2, 0.25) is 0 Å². The third-order valence-corrected chi connectivity index (χ3v) is 7.41. The second-order valence-electron chi connectivity index (χ2n) is 6.11. The minimum atomic E-state index is -0.996. The van der Waals surface area contributed by atoms with Gasteiger partial charge in [-0.15, -0.1) is 10.3 Å². The lowest BCUT2D eigenvalue weighted by atomic mass is 9.89. The Morgan fingerprint density at radius 1 is 1.25 bits per heavy atom. The van der Waals surface area contributed by atoms with Crippen molar-refractivity contribution in [2.45, 2.75) is 51.2 Å². The highest BCUT2D eigenvalue weighted by Gasteiger charge is 2.30. The molecular formula is C13H26O2S. The van der Waals surface area contributed by atoms with E-state index >= 15 is 0 Å². The summed E-state index contributed by atoms with van der Waals surface area (Å²) in [6, 6.07) is 0. The summed E-state index contributed by atoms with van der Waals surface area (Å²) in [7, 11) is -0.996. The molecule has 1 saturated carbocycles. The molecule has 1 aliphatic carbocycles. The first-order valence-electron chi connectivity index (χ1n) is 6.11. The summed E-state index contributed by atoms with van der Waals surface area (Å²) in [5.41, 5.74) is 0. The highest BCUT2D eigenvalue weighted by molar-refractivity contribution is 8.29. The molecule has 2 nitrogen and oxygen atoms in total. The van der Waals surface area contributed by atoms with E-state index in [1.54, 1.807) is 0 Å². The van der Waals surface area contributed by atoms with Crippen LogP contribution < -0.4 is 0 Å². The van der Waals surface area contributed by atoms with Crippen LogP contribution in [0.3, 0.4) is 0 Å². The second kappa shape index (κ2) is 5.09. The number of hydrogen-bond donors (Lipinski definition) is 0. The summed E-state index contributed by atoms with van der Waals surface area (Å²) in [4.78, 5) is 11.1. The number of rotatable bonds is 3. The van der Waals surface area contributed by atoms with Gasteiger partial charge in [0.1, 0.15) is 5.78 Å². The number of carbonyl (C=O) groups excluding carboxylic acids is 1. The Hall–Kier alpha value is -0.0200. The molecule has 0 radical (unpaired) electrons. The Labute approximate surface area is 102 Å². The van der Waals surface area contributed by atoms with Crippen molar-refractivity contribution in [1.29, 1.82) is 0 Å². The standard InChI is InChI=1S/C13H26O2S/c1-13(2,3)16(4,5)15-10-11-6-8-12(14)9-7-11/h11H,6-10H2,1-5H3. The fourth-order valence-electron chi connectivity index (χ4n) is 1.61. The highest BCUT2D eigenvalue weighted by Crippen LogP contribution is 2.54. The van der Waals surface area contributed by atoms with Crippen LogP contribution in [0.1, 0.15) is 46.5 Å². The maximum atomic E-state index is 11.1. The summed E-state index contributed by atoms with van der Waals surface area (Å²) in [5.74, 6) is 1.03. The van der Waals surface area contributed by atoms with Gasteiger partial charge in [0.15, 0.2) is 0 Å². The van der Waals surface area contributed by atoms with Crippen LogP contribution in [0.15, 0.2) is 0 Å². The molecule has 1 fully saturated rings. The monoisotopic (exact) mass is 246 g/mol. The van der Waals surface area contributed by atoms with Gasteiger partial charge < -0.3 is 4.18 Å². The van der Waals surface area contributed by atoms with E-state index in [1.165, 1.54) is 0 Å². The molecule has 0 aromatic heterocycles. The minimum absolute atomic E-state index is 0.234. The lowest BCUT2D eigenvalue weighted by molar-refractivity contribution is -0.121. The molecule has 0 aromatic rings. The van der Waals surface area contributed by atoms with E-state index in [2.05, 4.69) is 33.3 Å².